The summed E-state index contributed by atoms with van der Waals surface area (Å²) in [6.45, 7) is 2.66. The summed E-state index contributed by atoms with van der Waals surface area (Å²) >= 11 is 0. The molecule has 0 aliphatic heterocycles. The Morgan fingerprint density at radius 1 is 1.23 bits per heavy atom. The molecule has 0 heterocycles. The molecule has 2 amide bonds. The molecule has 0 radical (unpaired) electrons. The third-order valence-corrected chi connectivity index (χ3v) is 3.47. The Hall–Kier alpha value is -3.01. The number of esters is 1. The summed E-state index contributed by atoms with van der Waals surface area (Å²) in [5.74, 6) is 2.47. The third kappa shape index (κ3) is 9.33. The van der Waals surface area contributed by atoms with Crippen LogP contribution in [0.15, 0.2) is 24.3 Å². The number of rotatable bonds is 9. The second-order valence-electron chi connectivity index (χ2n) is 5.56. The van der Waals surface area contributed by atoms with Crippen molar-refractivity contribution in [1.82, 2.24) is 10.6 Å². The molecule has 0 bridgehead atoms. The minimum atomic E-state index is -0.348. The largest absolute Gasteiger partial charge is 0.466 e. The van der Waals surface area contributed by atoms with Crippen LogP contribution in [0.5, 0.6) is 0 Å². The van der Waals surface area contributed by atoms with E-state index in [1.807, 2.05) is 24.3 Å². The van der Waals surface area contributed by atoms with Crippen molar-refractivity contribution in [1.29, 1.82) is 5.41 Å². The fourth-order valence-electron chi connectivity index (χ4n) is 2.11. The van der Waals surface area contributed by atoms with E-state index in [0.717, 1.165) is 24.8 Å². The zero-order valence-corrected chi connectivity index (χ0v) is 15.1. The Balaban J connectivity index is 2.09. The van der Waals surface area contributed by atoms with Gasteiger partial charge in [-0.05, 0) is 31.7 Å². The molecule has 0 fully saturated rings. The molecule has 26 heavy (non-hydrogen) atoms. The molecule has 0 unspecified atom stereocenters. The first-order chi connectivity index (χ1) is 12.5. The molecule has 1 aromatic carbocycles. The van der Waals surface area contributed by atoms with Gasteiger partial charge in [-0.15, -0.1) is 0 Å². The number of nitrogens with two attached hydrogens (primary N) is 1. The van der Waals surface area contributed by atoms with Gasteiger partial charge in [0.25, 0.3) is 0 Å². The number of carbonyl (C=O) groups is 2. The molecule has 0 atom stereocenters. The van der Waals surface area contributed by atoms with E-state index in [1.54, 1.807) is 6.92 Å². The highest BCUT2D eigenvalue weighted by molar-refractivity contribution is 5.94. The number of ether oxygens (including phenoxy) is 1. The molecule has 1 aromatic rings. The van der Waals surface area contributed by atoms with Crippen LogP contribution in [0.25, 0.3) is 0 Å². The normalized spacial score (nSPS) is 9.58. The average molecular weight is 358 g/mol. The lowest BCUT2D eigenvalue weighted by molar-refractivity contribution is -0.142. The van der Waals surface area contributed by atoms with Gasteiger partial charge in [0, 0.05) is 24.6 Å². The van der Waals surface area contributed by atoms with Crippen molar-refractivity contribution in [2.24, 2.45) is 5.73 Å². The van der Waals surface area contributed by atoms with Crippen molar-refractivity contribution in [2.75, 3.05) is 13.2 Å². The van der Waals surface area contributed by atoms with E-state index in [2.05, 4.69) is 22.6 Å². The first-order valence-electron chi connectivity index (χ1n) is 8.63. The van der Waals surface area contributed by atoms with Gasteiger partial charge in [0.05, 0.1) is 13.0 Å². The minimum Gasteiger partial charge on any atom is -0.466 e. The Morgan fingerprint density at radius 3 is 2.62 bits per heavy atom. The fourth-order valence-corrected chi connectivity index (χ4v) is 2.11. The average Bonchev–Trinajstić information content (AvgIpc) is 2.61. The smallest absolute Gasteiger partial charge is 0.326 e. The molecule has 140 valence electrons. The maximum absolute atomic E-state index is 11.5. The topological polar surface area (TPSA) is 117 Å². The molecule has 5 N–H and O–H groups in total. The maximum atomic E-state index is 11.5. The summed E-state index contributed by atoms with van der Waals surface area (Å²) in [5, 5.41) is 12.5. The standard InChI is InChI=1S/C19H26N4O3/c1-2-26-17(24)8-4-6-14-23-19(25)22-13-5-3-7-15-9-11-16(12-10-15)18(20)21/h9-12H,2-5,7-8,13H2,1H3,(H3,20,21)(H2,22,23,25). The number of amides is 2. The molecule has 0 spiro atoms. The molecule has 7 heteroatoms. The maximum Gasteiger partial charge on any atom is 0.326 e. The predicted molar refractivity (Wildman–Crippen MR) is 101 cm³/mol. The monoisotopic (exact) mass is 358 g/mol. The van der Waals surface area contributed by atoms with Crippen LogP contribution < -0.4 is 16.4 Å². The Labute approximate surface area is 154 Å². The van der Waals surface area contributed by atoms with Crippen molar-refractivity contribution >= 4 is 17.8 Å². The van der Waals surface area contributed by atoms with Crippen LogP contribution in [0.1, 0.15) is 43.7 Å². The van der Waals surface area contributed by atoms with Gasteiger partial charge in [0.2, 0.25) is 0 Å². The Morgan fingerprint density at radius 2 is 1.96 bits per heavy atom. The summed E-state index contributed by atoms with van der Waals surface area (Å²) in [7, 11) is 0. The highest BCUT2D eigenvalue weighted by Crippen LogP contribution is 2.07. The quantitative estimate of drug-likeness (QED) is 0.135. The van der Waals surface area contributed by atoms with E-state index < -0.39 is 0 Å². The number of benzene rings is 1. The number of carbonyl (C=O) groups excluding carboxylic acids is 2. The van der Waals surface area contributed by atoms with Crippen LogP contribution in [0.2, 0.25) is 0 Å². The highest BCUT2D eigenvalue weighted by Gasteiger charge is 2.00. The summed E-state index contributed by atoms with van der Waals surface area (Å²) in [5.41, 5.74) is 7.31. The number of unbranched alkanes of at least 4 members (excludes halogenated alkanes) is 1. The van der Waals surface area contributed by atoms with Crippen LogP contribution in [0, 0.1) is 17.4 Å². The van der Waals surface area contributed by atoms with Gasteiger partial charge in [0.1, 0.15) is 5.84 Å². The summed E-state index contributed by atoms with van der Waals surface area (Å²) in [6, 6.07) is 9.77. The van der Waals surface area contributed by atoms with Crippen molar-refractivity contribution in [3.63, 3.8) is 0 Å². The molecule has 0 saturated carbocycles. The van der Waals surface area contributed by atoms with Gasteiger partial charge in [-0.2, -0.15) is 0 Å². The van der Waals surface area contributed by atoms with Gasteiger partial charge in [-0.3, -0.25) is 15.5 Å². The number of hydrogen-bond donors (Lipinski definition) is 4. The van der Waals surface area contributed by atoms with Gasteiger partial charge >= 0.3 is 12.0 Å². The lowest BCUT2D eigenvalue weighted by Gasteiger charge is -2.05. The molecule has 0 aliphatic carbocycles. The molecule has 0 aromatic heterocycles. The lowest BCUT2D eigenvalue weighted by atomic mass is 10.1. The molecule has 0 aliphatic rings. The van der Waals surface area contributed by atoms with E-state index in [1.165, 1.54) is 5.56 Å². The Kier molecular flexibility index (Phi) is 10.0. The van der Waals surface area contributed by atoms with Crippen molar-refractivity contribution in [3.05, 3.63) is 35.4 Å². The zero-order valence-electron chi connectivity index (χ0n) is 15.1. The summed E-state index contributed by atoms with van der Waals surface area (Å²) in [6.07, 6.45) is 3.25. The van der Waals surface area contributed by atoms with Crippen molar-refractivity contribution < 1.29 is 14.3 Å². The van der Waals surface area contributed by atoms with Crippen molar-refractivity contribution in [2.45, 2.75) is 39.0 Å². The first kappa shape index (κ1) is 21.0. The fraction of sp³-hybridized carbons (Fsp3) is 0.421. The van der Waals surface area contributed by atoms with Gasteiger partial charge < -0.3 is 15.8 Å². The summed E-state index contributed by atoms with van der Waals surface area (Å²) < 4.78 is 4.77. The molecular weight excluding hydrogens is 332 g/mol. The van der Waals surface area contributed by atoms with Crippen LogP contribution >= 0.6 is 0 Å². The van der Waals surface area contributed by atoms with Crippen molar-refractivity contribution in [3.8, 4) is 12.0 Å². The second-order valence-corrected chi connectivity index (χ2v) is 5.56. The number of aryl methyl sites for hydroxylation is 1. The molecule has 7 nitrogen and oxygen atoms in total. The van der Waals surface area contributed by atoms with Crippen LogP contribution in [0.3, 0.4) is 0 Å². The summed E-state index contributed by atoms with van der Waals surface area (Å²) in [4.78, 5) is 22.6. The van der Waals surface area contributed by atoms with E-state index in [9.17, 15) is 9.59 Å². The lowest BCUT2D eigenvalue weighted by Crippen LogP contribution is -2.33. The number of nitrogens with one attached hydrogen (secondary N) is 3. The number of amidine groups is 1. The van der Waals surface area contributed by atoms with E-state index in [-0.39, 0.29) is 24.3 Å². The number of urea groups is 1. The van der Waals surface area contributed by atoms with Crippen LogP contribution in [-0.2, 0) is 16.0 Å². The number of hydrogen-bond acceptors (Lipinski definition) is 4. The van der Waals surface area contributed by atoms with Crippen LogP contribution in [0.4, 0.5) is 4.79 Å². The second kappa shape index (κ2) is 12.4. The first-order valence-corrected chi connectivity index (χ1v) is 8.63. The Bertz CT molecular complexity index is 660. The van der Waals surface area contributed by atoms with E-state index >= 15 is 0 Å². The van der Waals surface area contributed by atoms with E-state index in [0.29, 0.717) is 19.6 Å². The predicted octanol–water partition coefficient (Wildman–Crippen LogP) is 1.90. The number of nitrogen functional groups attached to an aromatic ring is 1. The van der Waals surface area contributed by atoms with Crippen LogP contribution in [-0.4, -0.2) is 31.0 Å². The van der Waals surface area contributed by atoms with Gasteiger partial charge in [0.15, 0.2) is 0 Å². The SMILES string of the molecule is CCOC(=O)CCC#CNC(=O)NCCCCc1ccc(C(=N)N)cc1. The highest BCUT2D eigenvalue weighted by atomic mass is 16.5. The van der Waals surface area contributed by atoms with Gasteiger partial charge in [-0.1, -0.05) is 30.2 Å². The third-order valence-electron chi connectivity index (χ3n) is 3.47. The molecule has 1 rings (SSSR count). The van der Waals surface area contributed by atoms with Gasteiger partial charge in [-0.25, -0.2) is 4.79 Å². The molecule has 0 saturated heterocycles. The minimum absolute atomic E-state index is 0.0655. The van der Waals surface area contributed by atoms with E-state index in [4.69, 9.17) is 15.9 Å². The molecular formula is C19H26N4O3. The zero-order chi connectivity index (χ0) is 19.2.